The number of fused-ring (bicyclic) bond motifs is 1. The summed E-state index contributed by atoms with van der Waals surface area (Å²) in [5, 5.41) is 2.99. The van der Waals surface area contributed by atoms with Crippen molar-refractivity contribution in [3.05, 3.63) is 33.8 Å². The van der Waals surface area contributed by atoms with Gasteiger partial charge in [0.1, 0.15) is 0 Å². The Balaban J connectivity index is 2.50. The summed E-state index contributed by atoms with van der Waals surface area (Å²) in [6.45, 7) is 4.23. The fourth-order valence-electron chi connectivity index (χ4n) is 1.82. The minimum absolute atomic E-state index is 0.0417. The summed E-state index contributed by atoms with van der Waals surface area (Å²) in [5.41, 5.74) is 1.92. The van der Waals surface area contributed by atoms with Crippen LogP contribution < -0.4 is 5.32 Å². The first-order valence-corrected chi connectivity index (χ1v) is 5.49. The Morgan fingerprint density at radius 3 is 2.79 bits per heavy atom. The molecule has 0 bridgehead atoms. The highest BCUT2D eigenvalue weighted by Crippen LogP contribution is 2.32. The Morgan fingerprint density at radius 1 is 1.43 bits per heavy atom. The molecule has 1 amide bonds. The molecule has 1 N–H and O–H groups in total. The Morgan fingerprint density at radius 2 is 2.14 bits per heavy atom. The lowest BCUT2D eigenvalue weighted by atomic mass is 9.96. The Hall–Kier alpha value is -0.830. The van der Waals surface area contributed by atoms with Gasteiger partial charge in [0, 0.05) is 10.0 Å². The number of carbonyl (C=O) groups is 1. The van der Waals surface area contributed by atoms with Crippen LogP contribution in [0.15, 0.2) is 22.7 Å². The number of rotatable bonds is 1. The predicted molar refractivity (Wildman–Crippen MR) is 59.2 cm³/mol. The van der Waals surface area contributed by atoms with E-state index in [9.17, 15) is 4.79 Å². The lowest BCUT2D eigenvalue weighted by Gasteiger charge is -2.15. The van der Waals surface area contributed by atoms with Crippen molar-refractivity contribution in [2.24, 2.45) is 5.92 Å². The first-order valence-electron chi connectivity index (χ1n) is 4.70. The average molecular weight is 254 g/mol. The second-order valence-electron chi connectivity index (χ2n) is 3.93. The fourth-order valence-corrected chi connectivity index (χ4v) is 2.18. The molecule has 1 aliphatic heterocycles. The van der Waals surface area contributed by atoms with Crippen molar-refractivity contribution in [1.29, 1.82) is 0 Å². The highest BCUT2D eigenvalue weighted by Gasteiger charge is 2.30. The van der Waals surface area contributed by atoms with E-state index in [-0.39, 0.29) is 11.9 Å². The van der Waals surface area contributed by atoms with Crippen LogP contribution >= 0.6 is 15.9 Å². The summed E-state index contributed by atoms with van der Waals surface area (Å²) < 4.78 is 0.954. The second kappa shape index (κ2) is 3.39. The summed E-state index contributed by atoms with van der Waals surface area (Å²) in [5.74, 6) is 0.473. The quantitative estimate of drug-likeness (QED) is 0.820. The minimum atomic E-state index is 0.0417. The van der Waals surface area contributed by atoms with E-state index in [1.165, 1.54) is 0 Å². The summed E-state index contributed by atoms with van der Waals surface area (Å²) in [7, 11) is 0. The van der Waals surface area contributed by atoms with Crippen LogP contribution in [0.25, 0.3) is 0 Å². The molecular formula is C11H12BrNO. The van der Waals surface area contributed by atoms with Crippen LogP contribution in [0.2, 0.25) is 0 Å². The number of benzene rings is 1. The molecule has 1 heterocycles. The maximum absolute atomic E-state index is 11.6. The molecule has 14 heavy (non-hydrogen) atoms. The molecule has 0 saturated carbocycles. The van der Waals surface area contributed by atoms with Crippen LogP contribution in [0.1, 0.15) is 35.8 Å². The molecule has 2 rings (SSSR count). The molecule has 74 valence electrons. The third-order valence-corrected chi connectivity index (χ3v) is 3.04. The highest BCUT2D eigenvalue weighted by molar-refractivity contribution is 9.10. The lowest BCUT2D eigenvalue weighted by Crippen LogP contribution is -2.22. The summed E-state index contributed by atoms with van der Waals surface area (Å²) >= 11 is 3.37. The molecule has 1 aliphatic rings. The van der Waals surface area contributed by atoms with Gasteiger partial charge in [-0.2, -0.15) is 0 Å². The van der Waals surface area contributed by atoms with Gasteiger partial charge in [0.2, 0.25) is 0 Å². The van der Waals surface area contributed by atoms with Gasteiger partial charge in [0.05, 0.1) is 6.04 Å². The Kier molecular flexibility index (Phi) is 2.35. The fraction of sp³-hybridized carbons (Fsp3) is 0.364. The first-order chi connectivity index (χ1) is 6.59. The largest absolute Gasteiger partial charge is 0.345 e. The van der Waals surface area contributed by atoms with Crippen molar-refractivity contribution in [3.8, 4) is 0 Å². The van der Waals surface area contributed by atoms with E-state index in [0.29, 0.717) is 5.92 Å². The molecule has 0 aromatic heterocycles. The van der Waals surface area contributed by atoms with Gasteiger partial charge >= 0.3 is 0 Å². The summed E-state index contributed by atoms with van der Waals surface area (Å²) in [6, 6.07) is 6.05. The van der Waals surface area contributed by atoms with Gasteiger partial charge in [-0.15, -0.1) is 0 Å². The van der Waals surface area contributed by atoms with Crippen molar-refractivity contribution < 1.29 is 4.79 Å². The van der Waals surface area contributed by atoms with E-state index >= 15 is 0 Å². The zero-order chi connectivity index (χ0) is 10.3. The number of carbonyl (C=O) groups excluding carboxylic acids is 1. The van der Waals surface area contributed by atoms with E-state index < -0.39 is 0 Å². The number of halogens is 1. The SMILES string of the molecule is CC(C)C1NC(=O)c2cc(Br)ccc21. The predicted octanol–water partition coefficient (Wildman–Crippen LogP) is 2.89. The van der Waals surface area contributed by atoms with Gasteiger partial charge in [-0.1, -0.05) is 35.8 Å². The van der Waals surface area contributed by atoms with E-state index in [4.69, 9.17) is 0 Å². The molecule has 3 heteroatoms. The summed E-state index contributed by atoms with van der Waals surface area (Å²) in [4.78, 5) is 11.6. The molecule has 0 spiro atoms. The zero-order valence-electron chi connectivity index (χ0n) is 8.17. The van der Waals surface area contributed by atoms with Gasteiger partial charge in [0.15, 0.2) is 0 Å². The van der Waals surface area contributed by atoms with E-state index in [2.05, 4.69) is 35.1 Å². The van der Waals surface area contributed by atoms with Gasteiger partial charge < -0.3 is 5.32 Å². The Labute approximate surface area is 91.8 Å². The number of hydrogen-bond donors (Lipinski definition) is 1. The third kappa shape index (κ3) is 1.46. The zero-order valence-corrected chi connectivity index (χ0v) is 9.76. The van der Waals surface area contributed by atoms with Gasteiger partial charge in [-0.3, -0.25) is 4.79 Å². The molecule has 0 fully saturated rings. The van der Waals surface area contributed by atoms with Crippen molar-refractivity contribution in [2.75, 3.05) is 0 Å². The number of nitrogens with one attached hydrogen (secondary N) is 1. The topological polar surface area (TPSA) is 29.1 Å². The molecule has 0 saturated heterocycles. The van der Waals surface area contributed by atoms with Crippen LogP contribution in [-0.4, -0.2) is 5.91 Å². The smallest absolute Gasteiger partial charge is 0.252 e. The Bertz CT molecular complexity index is 387. The van der Waals surface area contributed by atoms with Crippen molar-refractivity contribution >= 4 is 21.8 Å². The van der Waals surface area contributed by atoms with Crippen LogP contribution in [0.5, 0.6) is 0 Å². The van der Waals surface area contributed by atoms with Crippen LogP contribution in [0.4, 0.5) is 0 Å². The highest BCUT2D eigenvalue weighted by atomic mass is 79.9. The maximum Gasteiger partial charge on any atom is 0.252 e. The molecule has 2 nitrogen and oxygen atoms in total. The van der Waals surface area contributed by atoms with Gasteiger partial charge in [-0.05, 0) is 23.6 Å². The number of hydrogen-bond acceptors (Lipinski definition) is 1. The molecule has 1 aromatic carbocycles. The monoisotopic (exact) mass is 253 g/mol. The first kappa shape index (κ1) is 9.71. The molecule has 1 atom stereocenters. The average Bonchev–Trinajstić information content (AvgIpc) is 2.44. The van der Waals surface area contributed by atoms with Gasteiger partial charge in [0.25, 0.3) is 5.91 Å². The van der Waals surface area contributed by atoms with E-state index in [1.807, 2.05) is 18.2 Å². The van der Waals surface area contributed by atoms with Crippen molar-refractivity contribution in [2.45, 2.75) is 19.9 Å². The lowest BCUT2D eigenvalue weighted by molar-refractivity contribution is 0.0949. The molecule has 0 radical (unpaired) electrons. The molecular weight excluding hydrogens is 242 g/mol. The molecule has 1 unspecified atom stereocenters. The van der Waals surface area contributed by atoms with Crippen LogP contribution in [0, 0.1) is 5.92 Å². The second-order valence-corrected chi connectivity index (χ2v) is 4.84. The maximum atomic E-state index is 11.6. The van der Waals surface area contributed by atoms with Crippen molar-refractivity contribution in [3.63, 3.8) is 0 Å². The third-order valence-electron chi connectivity index (χ3n) is 2.55. The summed E-state index contributed by atoms with van der Waals surface area (Å²) in [6.07, 6.45) is 0. The number of amides is 1. The normalized spacial score (nSPS) is 19.7. The van der Waals surface area contributed by atoms with Crippen molar-refractivity contribution in [1.82, 2.24) is 5.32 Å². The van der Waals surface area contributed by atoms with Crippen LogP contribution in [0.3, 0.4) is 0 Å². The minimum Gasteiger partial charge on any atom is -0.345 e. The standard InChI is InChI=1S/C11H12BrNO/c1-6(2)10-8-4-3-7(12)5-9(8)11(14)13-10/h3-6,10H,1-2H3,(H,13,14). The molecule has 0 aliphatic carbocycles. The van der Waals surface area contributed by atoms with E-state index in [0.717, 1.165) is 15.6 Å². The molecule has 1 aromatic rings. The van der Waals surface area contributed by atoms with Gasteiger partial charge in [-0.25, -0.2) is 0 Å². The van der Waals surface area contributed by atoms with E-state index in [1.54, 1.807) is 0 Å². The van der Waals surface area contributed by atoms with Crippen LogP contribution in [-0.2, 0) is 0 Å².